The first-order valence-corrected chi connectivity index (χ1v) is 7.85. The predicted octanol–water partition coefficient (Wildman–Crippen LogP) is 4.85. The molecule has 0 radical (unpaired) electrons. The van der Waals surface area contributed by atoms with Crippen molar-refractivity contribution in [1.82, 2.24) is 10.3 Å². The van der Waals surface area contributed by atoms with Crippen LogP contribution in [0, 0.1) is 0 Å². The highest BCUT2D eigenvalue weighted by Gasteiger charge is 2.05. The zero-order valence-electron chi connectivity index (χ0n) is 11.9. The number of rotatable bonds is 4. The highest BCUT2D eigenvalue weighted by atomic mass is 79.9. The lowest BCUT2D eigenvalue weighted by Crippen LogP contribution is -2.18. The molecule has 0 aliphatic heterocycles. The van der Waals surface area contributed by atoms with Crippen LogP contribution in [0.3, 0.4) is 0 Å². The number of nitrogens with zero attached hydrogens (tertiary/aromatic N) is 1. The van der Waals surface area contributed by atoms with Crippen molar-refractivity contribution in [1.29, 1.82) is 0 Å². The fourth-order valence-corrected chi connectivity index (χ4v) is 2.60. The monoisotopic (exact) mass is 340 g/mol. The number of aromatic nitrogens is 1. The molecule has 0 aliphatic carbocycles. The average Bonchev–Trinajstić information content (AvgIpc) is 2.53. The summed E-state index contributed by atoms with van der Waals surface area (Å²) < 4.78 is 1.11. The third-order valence-electron chi connectivity index (χ3n) is 3.62. The van der Waals surface area contributed by atoms with Crippen molar-refractivity contribution in [2.24, 2.45) is 0 Å². The minimum atomic E-state index is 0.298. The highest BCUT2D eigenvalue weighted by molar-refractivity contribution is 9.10. The van der Waals surface area contributed by atoms with Crippen molar-refractivity contribution in [3.05, 3.63) is 76.4 Å². The van der Waals surface area contributed by atoms with Crippen molar-refractivity contribution in [2.45, 2.75) is 19.5 Å². The first-order chi connectivity index (χ1) is 10.2. The molecule has 1 aromatic heterocycles. The molecule has 0 unspecified atom stereocenters. The van der Waals surface area contributed by atoms with E-state index in [0.29, 0.717) is 6.04 Å². The molecule has 106 valence electrons. The second kappa shape index (κ2) is 6.37. The Labute approximate surface area is 133 Å². The standard InChI is InChI=1S/C18H17BrN2/c1-13(14-6-9-16(19)10-7-14)20-12-17-11-8-15-4-2-3-5-18(15)21-17/h2-11,13,20H,12H2,1H3/t13-/m0/s1. The van der Waals surface area contributed by atoms with Crippen LogP contribution in [0.1, 0.15) is 24.2 Å². The minimum Gasteiger partial charge on any atom is -0.305 e. The van der Waals surface area contributed by atoms with Crippen LogP contribution >= 0.6 is 15.9 Å². The van der Waals surface area contributed by atoms with Crippen LogP contribution in [-0.4, -0.2) is 4.98 Å². The molecule has 0 aliphatic rings. The van der Waals surface area contributed by atoms with E-state index < -0.39 is 0 Å². The van der Waals surface area contributed by atoms with Crippen LogP contribution in [0.25, 0.3) is 10.9 Å². The molecule has 2 aromatic carbocycles. The van der Waals surface area contributed by atoms with Crippen molar-refractivity contribution in [3.8, 4) is 0 Å². The Morgan fingerprint density at radius 2 is 1.76 bits per heavy atom. The van der Waals surface area contributed by atoms with Crippen LogP contribution in [0.4, 0.5) is 0 Å². The molecule has 2 nitrogen and oxygen atoms in total. The summed E-state index contributed by atoms with van der Waals surface area (Å²) in [5.41, 5.74) is 3.39. The normalized spacial score (nSPS) is 12.5. The quantitative estimate of drug-likeness (QED) is 0.734. The van der Waals surface area contributed by atoms with E-state index in [1.54, 1.807) is 0 Å². The molecule has 3 heteroatoms. The van der Waals surface area contributed by atoms with E-state index in [2.05, 4.69) is 81.7 Å². The molecule has 3 aromatic rings. The number of fused-ring (bicyclic) bond motifs is 1. The van der Waals surface area contributed by atoms with Gasteiger partial charge in [-0.1, -0.05) is 52.3 Å². The SMILES string of the molecule is C[C@H](NCc1ccc2ccccc2n1)c1ccc(Br)cc1. The van der Waals surface area contributed by atoms with Gasteiger partial charge in [-0.05, 0) is 36.8 Å². The Morgan fingerprint density at radius 1 is 1.00 bits per heavy atom. The molecule has 3 rings (SSSR count). The Bertz CT molecular complexity index is 738. The summed E-state index contributed by atoms with van der Waals surface area (Å²) in [6.45, 7) is 2.94. The van der Waals surface area contributed by atoms with Gasteiger partial charge in [0.2, 0.25) is 0 Å². The van der Waals surface area contributed by atoms with Crippen LogP contribution in [0.5, 0.6) is 0 Å². The number of benzene rings is 2. The van der Waals surface area contributed by atoms with Crippen LogP contribution in [0.15, 0.2) is 65.1 Å². The maximum atomic E-state index is 4.68. The number of hydrogen-bond donors (Lipinski definition) is 1. The van der Waals surface area contributed by atoms with Gasteiger partial charge in [-0.3, -0.25) is 4.98 Å². The van der Waals surface area contributed by atoms with E-state index in [4.69, 9.17) is 0 Å². The second-order valence-electron chi connectivity index (χ2n) is 5.15. The smallest absolute Gasteiger partial charge is 0.0705 e. The molecule has 1 atom stereocenters. The van der Waals surface area contributed by atoms with Gasteiger partial charge >= 0.3 is 0 Å². The van der Waals surface area contributed by atoms with Crippen LogP contribution in [-0.2, 0) is 6.54 Å². The van der Waals surface area contributed by atoms with E-state index in [1.165, 1.54) is 10.9 Å². The average molecular weight is 341 g/mol. The van der Waals surface area contributed by atoms with E-state index in [0.717, 1.165) is 22.2 Å². The van der Waals surface area contributed by atoms with E-state index in [-0.39, 0.29) is 0 Å². The first-order valence-electron chi connectivity index (χ1n) is 7.06. The van der Waals surface area contributed by atoms with Gasteiger partial charge in [-0.25, -0.2) is 0 Å². The molecule has 0 saturated heterocycles. The first kappa shape index (κ1) is 14.2. The molecule has 0 saturated carbocycles. The molecule has 1 heterocycles. The van der Waals surface area contributed by atoms with Crippen LogP contribution < -0.4 is 5.32 Å². The van der Waals surface area contributed by atoms with Gasteiger partial charge in [0.1, 0.15) is 0 Å². The summed E-state index contributed by atoms with van der Waals surface area (Å²) in [4.78, 5) is 4.68. The summed E-state index contributed by atoms with van der Waals surface area (Å²) in [5.74, 6) is 0. The Balaban J connectivity index is 1.69. The maximum absolute atomic E-state index is 4.68. The van der Waals surface area contributed by atoms with Gasteiger partial charge < -0.3 is 5.32 Å². The summed E-state index contributed by atoms with van der Waals surface area (Å²) in [7, 11) is 0. The van der Waals surface area contributed by atoms with Crippen molar-refractivity contribution in [3.63, 3.8) is 0 Å². The Morgan fingerprint density at radius 3 is 2.57 bits per heavy atom. The number of nitrogens with one attached hydrogen (secondary N) is 1. The topological polar surface area (TPSA) is 24.9 Å². The summed E-state index contributed by atoms with van der Waals surface area (Å²) >= 11 is 3.46. The summed E-state index contributed by atoms with van der Waals surface area (Å²) in [5, 5.41) is 4.70. The molecule has 21 heavy (non-hydrogen) atoms. The summed E-state index contributed by atoms with van der Waals surface area (Å²) in [6, 6.07) is 21.1. The molecule has 0 fully saturated rings. The number of para-hydroxylation sites is 1. The van der Waals surface area contributed by atoms with Gasteiger partial charge in [-0.2, -0.15) is 0 Å². The number of hydrogen-bond acceptors (Lipinski definition) is 2. The summed E-state index contributed by atoms with van der Waals surface area (Å²) in [6.07, 6.45) is 0. The van der Waals surface area contributed by atoms with Crippen molar-refractivity contribution in [2.75, 3.05) is 0 Å². The number of pyridine rings is 1. The zero-order valence-corrected chi connectivity index (χ0v) is 13.5. The molecule has 0 amide bonds. The fourth-order valence-electron chi connectivity index (χ4n) is 2.33. The zero-order chi connectivity index (χ0) is 14.7. The molecule has 0 spiro atoms. The van der Waals surface area contributed by atoms with Crippen LogP contribution in [0.2, 0.25) is 0 Å². The van der Waals surface area contributed by atoms with E-state index in [1.807, 2.05) is 12.1 Å². The molecule has 0 bridgehead atoms. The lowest BCUT2D eigenvalue weighted by Gasteiger charge is -2.14. The lowest BCUT2D eigenvalue weighted by atomic mass is 10.1. The number of halogens is 1. The van der Waals surface area contributed by atoms with Gasteiger partial charge in [0.25, 0.3) is 0 Å². The van der Waals surface area contributed by atoms with E-state index in [9.17, 15) is 0 Å². The predicted molar refractivity (Wildman–Crippen MR) is 91.1 cm³/mol. The van der Waals surface area contributed by atoms with Gasteiger partial charge in [0.15, 0.2) is 0 Å². The van der Waals surface area contributed by atoms with Crippen molar-refractivity contribution >= 4 is 26.8 Å². The largest absolute Gasteiger partial charge is 0.305 e. The third-order valence-corrected chi connectivity index (χ3v) is 4.14. The van der Waals surface area contributed by atoms with Crippen molar-refractivity contribution < 1.29 is 0 Å². The molecular weight excluding hydrogens is 324 g/mol. The minimum absolute atomic E-state index is 0.298. The van der Waals surface area contributed by atoms with Gasteiger partial charge in [-0.15, -0.1) is 0 Å². The highest BCUT2D eigenvalue weighted by Crippen LogP contribution is 2.17. The maximum Gasteiger partial charge on any atom is 0.0705 e. The molecular formula is C18H17BrN2. The third kappa shape index (κ3) is 3.49. The fraction of sp³-hybridized carbons (Fsp3) is 0.167. The van der Waals surface area contributed by atoms with Gasteiger partial charge in [0.05, 0.1) is 11.2 Å². The van der Waals surface area contributed by atoms with Gasteiger partial charge in [0, 0.05) is 22.4 Å². The van der Waals surface area contributed by atoms with E-state index >= 15 is 0 Å². The lowest BCUT2D eigenvalue weighted by molar-refractivity contribution is 0.568. The molecule has 1 N–H and O–H groups in total. The second-order valence-corrected chi connectivity index (χ2v) is 6.07. The Kier molecular flexibility index (Phi) is 4.32. The Hall–Kier alpha value is -1.71.